The van der Waals surface area contributed by atoms with Crippen molar-refractivity contribution in [3.05, 3.63) is 169 Å². The van der Waals surface area contributed by atoms with Gasteiger partial charge < -0.3 is 44.6 Å². The van der Waals surface area contributed by atoms with Crippen LogP contribution in [0.2, 0.25) is 0 Å². The van der Waals surface area contributed by atoms with E-state index < -0.39 is 79.0 Å². The summed E-state index contributed by atoms with van der Waals surface area (Å²) in [6, 6.07) is 34.0. The fourth-order valence-electron chi connectivity index (χ4n) is 7.96. The Balaban J connectivity index is 0.000000167. The van der Waals surface area contributed by atoms with E-state index in [4.69, 9.17) is 44.6 Å². The Morgan fingerprint density at radius 1 is 0.541 bits per heavy atom. The van der Waals surface area contributed by atoms with E-state index in [1.165, 1.54) is 30.5 Å². The quantitative estimate of drug-likeness (QED) is 0.0901. The number of nitrogens with zero attached hydrogens (tertiary/aromatic N) is 7. The van der Waals surface area contributed by atoms with Crippen LogP contribution in [0.25, 0.3) is 22.1 Å². The third-order valence-corrected chi connectivity index (χ3v) is 11.6. The van der Waals surface area contributed by atoms with Crippen LogP contribution in [0, 0.1) is 0 Å². The van der Waals surface area contributed by atoms with E-state index in [9.17, 15) is 24.0 Å². The highest BCUT2D eigenvalue weighted by Gasteiger charge is 2.52. The number of esters is 5. The Kier molecular flexibility index (Phi) is 16.5. The number of aromatic nitrogens is 8. The van der Waals surface area contributed by atoms with Crippen molar-refractivity contribution >= 4 is 63.5 Å². The van der Waals surface area contributed by atoms with Crippen LogP contribution in [0.5, 0.6) is 0 Å². The number of fused-ring (bicyclic) bond motifs is 2. The molecule has 8 atom stereocenters. The van der Waals surface area contributed by atoms with Gasteiger partial charge in [-0.25, -0.2) is 43.8 Å². The number of nitrogens with two attached hydrogens (primary N) is 2. The van der Waals surface area contributed by atoms with Gasteiger partial charge in [0.25, 0.3) is 0 Å². The Bertz CT molecular complexity index is 3180. The summed E-state index contributed by atoms with van der Waals surface area (Å²) in [5.74, 6) is -2.21. The highest BCUT2D eigenvalue weighted by molar-refractivity contribution is 5.92. The average Bonchev–Trinajstić information content (AvgIpc) is 4.24. The van der Waals surface area contributed by atoms with Gasteiger partial charge in [0.05, 0.1) is 45.4 Å². The number of hydrogen-bond acceptors (Lipinski definition) is 20. The molecule has 2 saturated heterocycles. The maximum atomic E-state index is 13.0. The number of carbonyl (C=O) groups excluding carboxylic acids is 5. The Hall–Kier alpha value is -9.15. The molecule has 0 aliphatic carbocycles. The first-order chi connectivity index (χ1) is 35.9. The van der Waals surface area contributed by atoms with E-state index in [2.05, 4.69) is 35.2 Å². The molecule has 6 heterocycles. The molecule has 10 rings (SSSR count). The van der Waals surface area contributed by atoms with Crippen molar-refractivity contribution in [3.8, 4) is 0 Å². The molecular weight excluding hydrogens is 957 g/mol. The van der Waals surface area contributed by atoms with Crippen molar-refractivity contribution in [2.75, 3.05) is 11.5 Å². The number of H-pyrrole nitrogens is 1. The van der Waals surface area contributed by atoms with E-state index >= 15 is 0 Å². The van der Waals surface area contributed by atoms with Gasteiger partial charge in [0.2, 0.25) is 12.4 Å². The number of aromatic amines is 1. The molecule has 22 heteroatoms. The number of nitrogens with one attached hydrogen (secondary N) is 1. The lowest BCUT2D eigenvalue weighted by atomic mass is 10.1. The van der Waals surface area contributed by atoms with E-state index in [-0.39, 0.29) is 5.82 Å². The maximum absolute atomic E-state index is 13.0. The van der Waals surface area contributed by atoms with E-state index in [1.54, 1.807) is 128 Å². The highest BCUT2D eigenvalue weighted by atomic mass is 16.7. The van der Waals surface area contributed by atoms with Crippen molar-refractivity contribution in [3.63, 3.8) is 0 Å². The van der Waals surface area contributed by atoms with Crippen molar-refractivity contribution < 1.29 is 57.1 Å². The molecule has 0 amide bonds. The number of nitrogen functional groups attached to an aromatic ring is 2. The lowest BCUT2D eigenvalue weighted by Crippen LogP contribution is -2.41. The molecule has 4 aromatic heterocycles. The average molecular weight is 1010 g/mol. The zero-order valence-electron chi connectivity index (χ0n) is 40.1. The van der Waals surface area contributed by atoms with Crippen LogP contribution >= 0.6 is 0 Å². The number of anilines is 2. The molecule has 2 aliphatic rings. The summed E-state index contributed by atoms with van der Waals surface area (Å²) in [5, 5.41) is 12.1. The highest BCUT2D eigenvalue weighted by Crippen LogP contribution is 2.38. The summed E-state index contributed by atoms with van der Waals surface area (Å²) >= 11 is 0. The molecule has 0 radical (unpaired) electrons. The summed E-state index contributed by atoms with van der Waals surface area (Å²) in [5.41, 5.74) is 14.0. The second-order valence-electron chi connectivity index (χ2n) is 16.5. The molecule has 74 heavy (non-hydrogen) atoms. The first-order valence-corrected chi connectivity index (χ1v) is 23.3. The zero-order chi connectivity index (χ0) is 52.1. The fourth-order valence-corrected chi connectivity index (χ4v) is 7.96. The molecule has 22 nitrogen and oxygen atoms in total. The molecule has 4 aromatic carbocycles. The minimum atomic E-state index is -1.17. The van der Waals surface area contributed by atoms with Gasteiger partial charge in [-0.2, -0.15) is 10.2 Å². The van der Waals surface area contributed by atoms with Gasteiger partial charge in [0.15, 0.2) is 35.8 Å². The van der Waals surface area contributed by atoms with Gasteiger partial charge in [-0.3, -0.25) is 9.89 Å². The molecule has 3 unspecified atom stereocenters. The lowest BCUT2D eigenvalue weighted by molar-refractivity contribution is -0.186. The normalized spacial score (nSPS) is 20.7. The predicted octanol–water partition coefficient (Wildman–Crippen LogP) is 6.24. The van der Waals surface area contributed by atoms with E-state index in [0.717, 1.165) is 5.39 Å². The topological polar surface area (TPSA) is 300 Å². The number of benzene rings is 4. The second kappa shape index (κ2) is 23.8. The SMILES string of the molecule is CC[C@H]1OC(OC(C)=O)C(OC(=O)c2ccccc2)[C@H]1OC(=O)c1ccccc1.CC[C@H]1O[C@@H](n2ncc3c(N)ncnc32)C(OC(=O)c2ccccc2)[C@H]1OC(=O)c1ccccc1.Nc1ncnc2[nH]ncc12. The summed E-state index contributed by atoms with van der Waals surface area (Å²) in [4.78, 5) is 78.6. The Morgan fingerprint density at radius 2 is 0.973 bits per heavy atom. The number of carbonyl (C=O) groups is 5. The predicted molar refractivity (Wildman–Crippen MR) is 263 cm³/mol. The van der Waals surface area contributed by atoms with Gasteiger partial charge in [-0.1, -0.05) is 86.6 Å². The van der Waals surface area contributed by atoms with Crippen LogP contribution in [0.15, 0.2) is 146 Å². The number of rotatable bonds is 12. The van der Waals surface area contributed by atoms with Crippen molar-refractivity contribution in [1.82, 2.24) is 39.9 Å². The Morgan fingerprint density at radius 3 is 1.45 bits per heavy atom. The molecule has 0 saturated carbocycles. The lowest BCUT2D eigenvalue weighted by Gasteiger charge is -2.24. The van der Waals surface area contributed by atoms with Crippen molar-refractivity contribution in [2.24, 2.45) is 0 Å². The van der Waals surface area contributed by atoms with Crippen LogP contribution in [0.4, 0.5) is 11.6 Å². The number of ether oxygens (including phenoxy) is 7. The standard InChI is InChI=1S/C25H23N5O5.C22H22O7.C5H5N5/c1-2-18-19(34-24(31)15-9-5-3-6-10-15)20(35-25(32)16-11-7-4-8-12-16)23(33-18)30-22-17(13-29-30)21(26)27-14-28-22;1-3-17-18(28-20(24)15-10-6-4-7-11-15)19(22(27-17)26-14(2)23)29-21(25)16-12-8-5-9-13-16;6-4-3-1-9-10-5(3)8-2-7-4/h3-14,18-20,23H,2H2,1H3,(H2,26,27,28);4-13,17-19,22H,3H2,1-2H3;1-2H,(H3,6,7,8,9,10)/t18-,19+,20?,23-;17-,18+,19?,22?;/m11./s1. The van der Waals surface area contributed by atoms with Gasteiger partial charge in [-0.05, 0) is 61.4 Å². The first kappa shape index (κ1) is 51.2. The second-order valence-corrected chi connectivity index (χ2v) is 16.5. The third kappa shape index (κ3) is 11.9. The number of hydrogen-bond donors (Lipinski definition) is 3. The molecular formula is C52H50N10O12. The summed E-state index contributed by atoms with van der Waals surface area (Å²) in [6.07, 6.45) is -0.332. The molecule has 8 aromatic rings. The molecule has 380 valence electrons. The van der Waals surface area contributed by atoms with Crippen LogP contribution in [-0.2, 0) is 38.0 Å². The smallest absolute Gasteiger partial charge is 0.338 e. The summed E-state index contributed by atoms with van der Waals surface area (Å²) in [7, 11) is 0. The van der Waals surface area contributed by atoms with Crippen LogP contribution < -0.4 is 11.5 Å². The summed E-state index contributed by atoms with van der Waals surface area (Å²) < 4.78 is 41.6. The largest absolute Gasteiger partial charge is 0.452 e. The van der Waals surface area contributed by atoms with Gasteiger partial charge in [0, 0.05) is 6.92 Å². The third-order valence-electron chi connectivity index (χ3n) is 11.6. The minimum absolute atomic E-state index is 0.260. The van der Waals surface area contributed by atoms with Gasteiger partial charge in [0.1, 0.15) is 36.5 Å². The molecule has 2 aliphatic heterocycles. The maximum Gasteiger partial charge on any atom is 0.338 e. The minimum Gasteiger partial charge on any atom is -0.452 e. The summed E-state index contributed by atoms with van der Waals surface area (Å²) in [6.45, 7) is 4.96. The van der Waals surface area contributed by atoms with Crippen LogP contribution in [-0.4, -0.2) is 113 Å². The van der Waals surface area contributed by atoms with Gasteiger partial charge >= 0.3 is 29.8 Å². The van der Waals surface area contributed by atoms with Crippen molar-refractivity contribution in [2.45, 2.75) is 82.8 Å². The van der Waals surface area contributed by atoms with E-state index in [1.807, 2.05) is 13.8 Å². The molecule has 5 N–H and O–H groups in total. The first-order valence-electron chi connectivity index (χ1n) is 23.3. The van der Waals surface area contributed by atoms with Crippen LogP contribution in [0.3, 0.4) is 0 Å². The molecule has 0 spiro atoms. The monoisotopic (exact) mass is 1010 g/mol. The molecule has 2 fully saturated rings. The zero-order valence-corrected chi connectivity index (χ0v) is 40.1. The van der Waals surface area contributed by atoms with E-state index in [0.29, 0.717) is 57.6 Å². The molecule has 0 bridgehead atoms. The fraction of sp³-hybridized carbons (Fsp3) is 0.250. The van der Waals surface area contributed by atoms with Crippen LogP contribution in [0.1, 0.15) is 81.3 Å². The van der Waals surface area contributed by atoms with Crippen molar-refractivity contribution in [1.29, 1.82) is 0 Å². The van der Waals surface area contributed by atoms with Gasteiger partial charge in [-0.15, -0.1) is 0 Å². The Labute approximate surface area is 422 Å².